The van der Waals surface area contributed by atoms with E-state index in [-0.39, 0.29) is 23.8 Å². The molecule has 2 amide bonds. The zero-order valence-corrected chi connectivity index (χ0v) is 18.8. The second-order valence-electron chi connectivity index (χ2n) is 6.09. The first kappa shape index (κ1) is 22.3. The normalized spacial score (nSPS) is 10.7. The number of aromatic nitrogens is 3. The Labute approximate surface area is 189 Å². The molecule has 2 N–H and O–H groups in total. The fourth-order valence-electron chi connectivity index (χ4n) is 2.43. The molecule has 0 aliphatic rings. The van der Waals surface area contributed by atoms with Crippen LogP contribution in [0.1, 0.15) is 16.2 Å². The highest BCUT2D eigenvalue weighted by Crippen LogP contribution is 2.25. The number of benzene rings is 2. The molecule has 2 aromatic carbocycles. The van der Waals surface area contributed by atoms with Gasteiger partial charge < -0.3 is 15.2 Å². The summed E-state index contributed by atoms with van der Waals surface area (Å²) in [5.41, 5.74) is 0.544. The molecule has 0 saturated heterocycles. The summed E-state index contributed by atoms with van der Waals surface area (Å²) in [5, 5.41) is 14.4. The maximum absolute atomic E-state index is 13.7. The zero-order valence-electron chi connectivity index (χ0n) is 15.7. The molecule has 156 valence electrons. The van der Waals surface area contributed by atoms with Gasteiger partial charge >= 0.3 is 0 Å². The van der Waals surface area contributed by atoms with Crippen molar-refractivity contribution < 1.29 is 14.0 Å². The lowest BCUT2D eigenvalue weighted by Crippen LogP contribution is -2.25. The van der Waals surface area contributed by atoms with Crippen LogP contribution in [-0.4, -0.2) is 32.3 Å². The van der Waals surface area contributed by atoms with E-state index in [0.717, 1.165) is 4.47 Å². The van der Waals surface area contributed by atoms with Crippen molar-refractivity contribution >= 4 is 56.8 Å². The second kappa shape index (κ2) is 10.1. The Morgan fingerprint density at radius 2 is 2.00 bits per heavy atom. The van der Waals surface area contributed by atoms with Crippen LogP contribution in [0.5, 0.6) is 0 Å². The number of thioether (sulfide) groups is 1. The molecule has 11 heteroatoms. The number of rotatable bonds is 7. The van der Waals surface area contributed by atoms with Crippen LogP contribution in [0.25, 0.3) is 0 Å². The van der Waals surface area contributed by atoms with Gasteiger partial charge in [-0.3, -0.25) is 9.59 Å². The van der Waals surface area contributed by atoms with E-state index in [1.165, 1.54) is 30.0 Å². The van der Waals surface area contributed by atoms with Gasteiger partial charge in [-0.25, -0.2) is 4.39 Å². The van der Waals surface area contributed by atoms with Crippen molar-refractivity contribution in [2.75, 3.05) is 11.1 Å². The SMILES string of the molecule is Cn1c(CNC(=O)c2ccccc2F)nnc1SCC(=O)Nc1ccc(Br)c(Cl)c1. The molecular formula is C19H16BrClFN5O2S. The predicted molar refractivity (Wildman–Crippen MR) is 117 cm³/mol. The van der Waals surface area contributed by atoms with Crippen molar-refractivity contribution in [3.05, 3.63) is 69.2 Å². The molecule has 0 atom stereocenters. The molecule has 0 radical (unpaired) electrons. The first-order chi connectivity index (χ1) is 14.3. The molecule has 0 aliphatic heterocycles. The van der Waals surface area contributed by atoms with Gasteiger partial charge in [0.15, 0.2) is 11.0 Å². The van der Waals surface area contributed by atoms with Gasteiger partial charge in [-0.2, -0.15) is 0 Å². The molecule has 3 rings (SSSR count). The lowest BCUT2D eigenvalue weighted by atomic mass is 10.2. The largest absolute Gasteiger partial charge is 0.345 e. The molecule has 3 aromatic rings. The van der Waals surface area contributed by atoms with E-state index in [4.69, 9.17) is 11.6 Å². The molecule has 30 heavy (non-hydrogen) atoms. The Morgan fingerprint density at radius 3 is 2.73 bits per heavy atom. The Bertz CT molecular complexity index is 1090. The highest BCUT2D eigenvalue weighted by atomic mass is 79.9. The van der Waals surface area contributed by atoms with Crippen molar-refractivity contribution in [3.8, 4) is 0 Å². The van der Waals surface area contributed by atoms with Crippen molar-refractivity contribution in [1.29, 1.82) is 0 Å². The van der Waals surface area contributed by atoms with Gasteiger partial charge in [0.2, 0.25) is 5.91 Å². The van der Waals surface area contributed by atoms with E-state index in [2.05, 4.69) is 36.8 Å². The van der Waals surface area contributed by atoms with E-state index in [1.807, 2.05) is 0 Å². The molecule has 7 nitrogen and oxygen atoms in total. The van der Waals surface area contributed by atoms with Crippen LogP contribution in [-0.2, 0) is 18.4 Å². The summed E-state index contributed by atoms with van der Waals surface area (Å²) in [4.78, 5) is 24.3. The van der Waals surface area contributed by atoms with Crippen LogP contribution in [0.3, 0.4) is 0 Å². The maximum atomic E-state index is 13.7. The lowest BCUT2D eigenvalue weighted by Gasteiger charge is -2.07. The maximum Gasteiger partial charge on any atom is 0.254 e. The minimum atomic E-state index is -0.595. The Morgan fingerprint density at radius 1 is 1.23 bits per heavy atom. The summed E-state index contributed by atoms with van der Waals surface area (Å²) in [7, 11) is 1.72. The molecule has 1 heterocycles. The van der Waals surface area contributed by atoms with Crippen molar-refractivity contribution in [2.24, 2.45) is 7.05 Å². The number of halogens is 3. The number of hydrogen-bond acceptors (Lipinski definition) is 5. The molecule has 0 spiro atoms. The average Bonchev–Trinajstić information content (AvgIpc) is 3.07. The molecule has 0 bridgehead atoms. The average molecular weight is 513 g/mol. The summed E-state index contributed by atoms with van der Waals surface area (Å²) < 4.78 is 16.1. The monoisotopic (exact) mass is 511 g/mol. The smallest absolute Gasteiger partial charge is 0.254 e. The number of hydrogen-bond donors (Lipinski definition) is 2. The molecule has 0 fully saturated rings. The van der Waals surface area contributed by atoms with Crippen LogP contribution < -0.4 is 10.6 Å². The summed E-state index contributed by atoms with van der Waals surface area (Å²) in [6.07, 6.45) is 0. The Kier molecular flexibility index (Phi) is 7.46. The zero-order chi connectivity index (χ0) is 21.7. The second-order valence-corrected chi connectivity index (χ2v) is 8.29. The molecule has 0 unspecified atom stereocenters. The van der Waals surface area contributed by atoms with Gasteiger partial charge in [0, 0.05) is 17.2 Å². The number of nitrogens with zero attached hydrogens (tertiary/aromatic N) is 3. The number of anilines is 1. The van der Waals surface area contributed by atoms with E-state index in [1.54, 1.807) is 35.9 Å². The summed E-state index contributed by atoms with van der Waals surface area (Å²) in [6, 6.07) is 10.8. The van der Waals surface area contributed by atoms with Crippen molar-refractivity contribution in [3.63, 3.8) is 0 Å². The minimum Gasteiger partial charge on any atom is -0.345 e. The highest BCUT2D eigenvalue weighted by Gasteiger charge is 2.15. The third-order valence-electron chi connectivity index (χ3n) is 3.99. The molecule has 0 aliphatic carbocycles. The number of carbonyl (C=O) groups excluding carboxylic acids is 2. The van der Waals surface area contributed by atoms with Gasteiger partial charge in [0.25, 0.3) is 5.91 Å². The molecular weight excluding hydrogens is 497 g/mol. The summed E-state index contributed by atoms with van der Waals surface area (Å²) in [5.74, 6) is -0.778. The minimum absolute atomic E-state index is 0.0426. The standard InChI is InChI=1S/C19H16BrClFN5O2S/c1-27-16(9-23-18(29)12-4-2-3-5-15(12)22)25-26-19(27)30-10-17(28)24-11-6-7-13(20)14(21)8-11/h2-8H,9-10H2,1H3,(H,23,29)(H,24,28). The van der Waals surface area contributed by atoms with E-state index >= 15 is 0 Å². The summed E-state index contributed by atoms with van der Waals surface area (Å²) in [6.45, 7) is 0.0703. The third-order valence-corrected chi connectivity index (χ3v) is 6.24. The van der Waals surface area contributed by atoms with E-state index in [0.29, 0.717) is 21.7 Å². The molecule has 0 saturated carbocycles. The van der Waals surface area contributed by atoms with Gasteiger partial charge in [-0.15, -0.1) is 10.2 Å². The van der Waals surface area contributed by atoms with E-state index < -0.39 is 11.7 Å². The third kappa shape index (κ3) is 5.59. The molecule has 1 aromatic heterocycles. The van der Waals surface area contributed by atoms with E-state index in [9.17, 15) is 14.0 Å². The summed E-state index contributed by atoms with van der Waals surface area (Å²) >= 11 is 10.5. The fraction of sp³-hybridized carbons (Fsp3) is 0.158. The van der Waals surface area contributed by atoms with Gasteiger partial charge in [-0.1, -0.05) is 35.5 Å². The van der Waals surface area contributed by atoms with Crippen LogP contribution in [0.4, 0.5) is 10.1 Å². The van der Waals surface area contributed by atoms with Crippen molar-refractivity contribution in [1.82, 2.24) is 20.1 Å². The van der Waals surface area contributed by atoms with Crippen LogP contribution >= 0.6 is 39.3 Å². The number of carbonyl (C=O) groups is 2. The quantitative estimate of drug-likeness (QED) is 0.467. The first-order valence-electron chi connectivity index (χ1n) is 8.64. The Hall–Kier alpha value is -2.43. The Balaban J connectivity index is 1.53. The van der Waals surface area contributed by atoms with Gasteiger partial charge in [0.05, 0.1) is 22.9 Å². The van der Waals surface area contributed by atoms with Crippen LogP contribution in [0.15, 0.2) is 52.1 Å². The van der Waals surface area contributed by atoms with Crippen molar-refractivity contribution in [2.45, 2.75) is 11.7 Å². The number of amides is 2. The highest BCUT2D eigenvalue weighted by molar-refractivity contribution is 9.10. The first-order valence-corrected chi connectivity index (χ1v) is 10.8. The van der Waals surface area contributed by atoms with Gasteiger partial charge in [0.1, 0.15) is 5.82 Å². The predicted octanol–water partition coefficient (Wildman–Crippen LogP) is 4.03. The fourth-order valence-corrected chi connectivity index (χ4v) is 3.58. The lowest BCUT2D eigenvalue weighted by molar-refractivity contribution is -0.113. The van der Waals surface area contributed by atoms with Crippen LogP contribution in [0, 0.1) is 5.82 Å². The van der Waals surface area contributed by atoms with Crippen LogP contribution in [0.2, 0.25) is 5.02 Å². The van der Waals surface area contributed by atoms with Gasteiger partial charge in [-0.05, 0) is 46.3 Å². The topological polar surface area (TPSA) is 88.9 Å². The number of nitrogens with one attached hydrogen (secondary N) is 2.